The Morgan fingerprint density at radius 2 is 2.09 bits per heavy atom. The second kappa shape index (κ2) is 8.70. The maximum Gasteiger partial charge on any atom is 0.255 e. The van der Waals surface area contributed by atoms with Crippen LogP contribution in [0.25, 0.3) is 0 Å². The lowest BCUT2D eigenvalue weighted by Gasteiger charge is -2.34. The lowest BCUT2D eigenvalue weighted by Crippen LogP contribution is -2.48. The SMILES string of the molecule is CCN1CCN(C(=O)c2cncc(NCCCOC)c2)CC1. The number of hydrogen-bond donors (Lipinski definition) is 1. The van der Waals surface area contributed by atoms with Crippen molar-refractivity contribution in [2.45, 2.75) is 13.3 Å². The van der Waals surface area contributed by atoms with Crippen LogP contribution in [0.2, 0.25) is 0 Å². The largest absolute Gasteiger partial charge is 0.385 e. The molecule has 1 aromatic heterocycles. The quantitative estimate of drug-likeness (QED) is 0.770. The number of aromatic nitrogens is 1. The van der Waals surface area contributed by atoms with E-state index in [-0.39, 0.29) is 5.91 Å². The summed E-state index contributed by atoms with van der Waals surface area (Å²) >= 11 is 0. The van der Waals surface area contributed by atoms with Gasteiger partial charge in [-0.3, -0.25) is 9.78 Å². The average Bonchev–Trinajstić information content (AvgIpc) is 2.58. The zero-order valence-electron chi connectivity index (χ0n) is 13.5. The molecule has 0 bridgehead atoms. The van der Waals surface area contributed by atoms with Crippen LogP contribution >= 0.6 is 0 Å². The summed E-state index contributed by atoms with van der Waals surface area (Å²) in [5.41, 5.74) is 1.54. The number of hydrogen-bond acceptors (Lipinski definition) is 5. The van der Waals surface area contributed by atoms with E-state index >= 15 is 0 Å². The van der Waals surface area contributed by atoms with Gasteiger partial charge in [-0.05, 0) is 19.0 Å². The molecule has 0 atom stereocenters. The molecule has 2 rings (SSSR count). The number of carbonyl (C=O) groups is 1. The van der Waals surface area contributed by atoms with E-state index in [0.29, 0.717) is 5.56 Å². The van der Waals surface area contributed by atoms with Crippen LogP contribution in [0.1, 0.15) is 23.7 Å². The second-order valence-electron chi connectivity index (χ2n) is 5.46. The highest BCUT2D eigenvalue weighted by Gasteiger charge is 2.21. The summed E-state index contributed by atoms with van der Waals surface area (Å²) in [6.07, 6.45) is 4.32. The van der Waals surface area contributed by atoms with Crippen molar-refractivity contribution < 1.29 is 9.53 Å². The number of pyridine rings is 1. The number of amides is 1. The molecule has 1 saturated heterocycles. The molecular formula is C16H26N4O2. The number of rotatable bonds is 7. The van der Waals surface area contributed by atoms with Crippen LogP contribution in [0.5, 0.6) is 0 Å². The molecule has 0 aliphatic carbocycles. The van der Waals surface area contributed by atoms with Crippen LogP contribution in [-0.4, -0.2) is 73.7 Å². The summed E-state index contributed by atoms with van der Waals surface area (Å²) in [4.78, 5) is 21.0. The number of carbonyl (C=O) groups excluding carboxylic acids is 1. The highest BCUT2D eigenvalue weighted by atomic mass is 16.5. The minimum Gasteiger partial charge on any atom is -0.385 e. The van der Waals surface area contributed by atoms with Crippen LogP contribution in [0.3, 0.4) is 0 Å². The van der Waals surface area contributed by atoms with Crippen molar-refractivity contribution in [3.63, 3.8) is 0 Å². The number of likely N-dealkylation sites (N-methyl/N-ethyl adjacent to an activating group) is 1. The Morgan fingerprint density at radius 1 is 1.32 bits per heavy atom. The first kappa shape index (κ1) is 16.7. The molecule has 1 N–H and O–H groups in total. The lowest BCUT2D eigenvalue weighted by atomic mass is 10.2. The van der Waals surface area contributed by atoms with Crippen molar-refractivity contribution in [3.05, 3.63) is 24.0 Å². The molecule has 1 aliphatic heterocycles. The van der Waals surface area contributed by atoms with Crippen LogP contribution in [0.15, 0.2) is 18.5 Å². The Balaban J connectivity index is 1.90. The average molecular weight is 306 g/mol. The molecule has 0 radical (unpaired) electrons. The number of nitrogens with zero attached hydrogens (tertiary/aromatic N) is 3. The summed E-state index contributed by atoms with van der Waals surface area (Å²) in [5.74, 6) is 0.0730. The Bertz CT molecular complexity index is 473. The highest BCUT2D eigenvalue weighted by molar-refractivity contribution is 5.94. The first-order valence-electron chi connectivity index (χ1n) is 7.94. The zero-order valence-corrected chi connectivity index (χ0v) is 13.5. The zero-order chi connectivity index (χ0) is 15.8. The number of ether oxygens (including phenoxy) is 1. The van der Waals surface area contributed by atoms with Gasteiger partial charge in [-0.1, -0.05) is 6.92 Å². The summed E-state index contributed by atoms with van der Waals surface area (Å²) < 4.78 is 5.02. The van der Waals surface area contributed by atoms with Crippen LogP contribution in [-0.2, 0) is 4.74 Å². The molecule has 1 amide bonds. The molecule has 1 fully saturated rings. The van der Waals surface area contributed by atoms with Gasteiger partial charge in [0, 0.05) is 58.8 Å². The number of methoxy groups -OCH3 is 1. The number of nitrogens with one attached hydrogen (secondary N) is 1. The van der Waals surface area contributed by atoms with E-state index in [1.54, 1.807) is 19.5 Å². The van der Waals surface area contributed by atoms with Crippen molar-refractivity contribution in [2.75, 3.05) is 58.3 Å². The molecule has 0 unspecified atom stereocenters. The molecule has 122 valence electrons. The first-order valence-corrected chi connectivity index (χ1v) is 7.94. The Hall–Kier alpha value is -1.66. The smallest absolute Gasteiger partial charge is 0.255 e. The summed E-state index contributed by atoms with van der Waals surface area (Å²) in [6, 6.07) is 1.88. The third-order valence-corrected chi connectivity index (χ3v) is 3.95. The van der Waals surface area contributed by atoms with Gasteiger partial charge >= 0.3 is 0 Å². The topological polar surface area (TPSA) is 57.7 Å². The highest BCUT2D eigenvalue weighted by Crippen LogP contribution is 2.12. The van der Waals surface area contributed by atoms with Crippen molar-refractivity contribution in [2.24, 2.45) is 0 Å². The third-order valence-electron chi connectivity index (χ3n) is 3.95. The molecular weight excluding hydrogens is 280 g/mol. The van der Waals surface area contributed by atoms with E-state index in [4.69, 9.17) is 4.74 Å². The first-order chi connectivity index (χ1) is 10.7. The van der Waals surface area contributed by atoms with Crippen LogP contribution < -0.4 is 5.32 Å². The fourth-order valence-electron chi connectivity index (χ4n) is 2.55. The van der Waals surface area contributed by atoms with E-state index in [9.17, 15) is 4.79 Å². The molecule has 22 heavy (non-hydrogen) atoms. The second-order valence-corrected chi connectivity index (χ2v) is 5.46. The predicted octanol–water partition coefficient (Wildman–Crippen LogP) is 1.31. The molecule has 6 nitrogen and oxygen atoms in total. The monoisotopic (exact) mass is 306 g/mol. The Kier molecular flexibility index (Phi) is 6.61. The molecule has 1 aliphatic rings. The van der Waals surface area contributed by atoms with Crippen molar-refractivity contribution in [1.82, 2.24) is 14.8 Å². The Morgan fingerprint density at radius 3 is 2.77 bits per heavy atom. The van der Waals surface area contributed by atoms with Gasteiger partial charge in [0.1, 0.15) is 0 Å². The fraction of sp³-hybridized carbons (Fsp3) is 0.625. The maximum absolute atomic E-state index is 12.5. The minimum absolute atomic E-state index is 0.0730. The summed E-state index contributed by atoms with van der Waals surface area (Å²) in [6.45, 7) is 8.21. The van der Waals surface area contributed by atoms with Crippen molar-refractivity contribution >= 4 is 11.6 Å². The van der Waals surface area contributed by atoms with Crippen molar-refractivity contribution in [3.8, 4) is 0 Å². The Labute approximate surface area is 132 Å². The molecule has 0 spiro atoms. The van der Waals surface area contributed by atoms with Gasteiger partial charge in [0.25, 0.3) is 5.91 Å². The molecule has 6 heteroatoms. The van der Waals surface area contributed by atoms with Crippen LogP contribution in [0.4, 0.5) is 5.69 Å². The van der Waals surface area contributed by atoms with Crippen LogP contribution in [0, 0.1) is 0 Å². The maximum atomic E-state index is 12.5. The van der Waals surface area contributed by atoms with Crippen molar-refractivity contribution in [1.29, 1.82) is 0 Å². The summed E-state index contributed by atoms with van der Waals surface area (Å²) in [7, 11) is 1.69. The van der Waals surface area contributed by atoms with Gasteiger partial charge < -0.3 is 19.9 Å². The predicted molar refractivity (Wildman–Crippen MR) is 87.2 cm³/mol. The van der Waals surface area contributed by atoms with Gasteiger partial charge in [-0.25, -0.2) is 0 Å². The van der Waals surface area contributed by atoms with Gasteiger partial charge in [0.2, 0.25) is 0 Å². The van der Waals surface area contributed by atoms with Gasteiger partial charge in [0.15, 0.2) is 0 Å². The number of anilines is 1. The molecule has 0 saturated carbocycles. The third kappa shape index (κ3) is 4.68. The van der Waals surface area contributed by atoms with E-state index in [2.05, 4.69) is 22.1 Å². The molecule has 0 aromatic carbocycles. The van der Waals surface area contributed by atoms with E-state index < -0.39 is 0 Å². The lowest BCUT2D eigenvalue weighted by molar-refractivity contribution is 0.0643. The minimum atomic E-state index is 0.0730. The van der Waals surface area contributed by atoms with Gasteiger partial charge in [0.05, 0.1) is 11.3 Å². The molecule has 2 heterocycles. The molecule has 1 aromatic rings. The van der Waals surface area contributed by atoms with E-state index in [0.717, 1.165) is 58.0 Å². The number of piperazine rings is 1. The standard InChI is InChI=1S/C16H26N4O2/c1-3-19-6-8-20(9-7-19)16(21)14-11-15(13-17-12-14)18-5-4-10-22-2/h11-13,18H,3-10H2,1-2H3. The fourth-order valence-corrected chi connectivity index (χ4v) is 2.55. The van der Waals surface area contributed by atoms with E-state index in [1.807, 2.05) is 11.0 Å². The van der Waals surface area contributed by atoms with Gasteiger partial charge in [-0.2, -0.15) is 0 Å². The summed E-state index contributed by atoms with van der Waals surface area (Å²) in [5, 5.41) is 3.27. The normalized spacial score (nSPS) is 15.8. The van der Waals surface area contributed by atoms with Gasteiger partial charge in [-0.15, -0.1) is 0 Å². The van der Waals surface area contributed by atoms with E-state index in [1.165, 1.54) is 0 Å².